The molecule has 3 aromatic heterocycles. The molecule has 44 heavy (non-hydrogen) atoms. The maximum Gasteiger partial charge on any atom is 0.417 e. The van der Waals surface area contributed by atoms with E-state index < -0.39 is 63.6 Å². The predicted octanol–water partition coefficient (Wildman–Crippen LogP) is 5.47. The third kappa shape index (κ3) is 6.11. The van der Waals surface area contributed by atoms with Gasteiger partial charge in [-0.15, -0.1) is 0 Å². The van der Waals surface area contributed by atoms with Crippen molar-refractivity contribution in [1.82, 2.24) is 25.0 Å². The van der Waals surface area contributed by atoms with Crippen LogP contribution < -0.4 is 26.4 Å². The molecular weight excluding hydrogens is 585 g/mol. The standard InChI is InChI=1S/C30H32F5N7O2/c1-4-18-11-15(2)44-29-22(28(43)39-8-7-37-18)27(40-13-17-5-6-21-38-9-10-42(21)14-17)25(32)26(41-29)19-12-20(36)24(31)16(3)23(19)30(33,34)35/h5-6,9-10,12,14-15,18,37H,4,7-8,11,13,36H2,1-3H3,(H,39,43)(H,40,41)/t15-,18?/m0/s1. The lowest BCUT2D eigenvalue weighted by molar-refractivity contribution is -0.137. The number of amides is 1. The van der Waals surface area contributed by atoms with Crippen molar-refractivity contribution in [2.75, 3.05) is 24.1 Å². The van der Waals surface area contributed by atoms with Crippen LogP contribution in [-0.4, -0.2) is 45.5 Å². The first-order valence-corrected chi connectivity index (χ1v) is 14.1. The van der Waals surface area contributed by atoms with E-state index in [-0.39, 0.29) is 30.6 Å². The van der Waals surface area contributed by atoms with Crippen molar-refractivity contribution in [2.24, 2.45) is 0 Å². The molecule has 234 valence electrons. The van der Waals surface area contributed by atoms with E-state index in [9.17, 15) is 22.4 Å². The minimum absolute atomic E-state index is 0.00966. The summed E-state index contributed by atoms with van der Waals surface area (Å²) in [7, 11) is 0. The van der Waals surface area contributed by atoms with Crippen LogP contribution in [0.2, 0.25) is 0 Å². The number of carbonyl (C=O) groups is 1. The summed E-state index contributed by atoms with van der Waals surface area (Å²) < 4.78 is 82.0. The molecule has 4 heterocycles. The quantitative estimate of drug-likeness (QED) is 0.173. The molecule has 0 fully saturated rings. The lowest BCUT2D eigenvalue weighted by atomic mass is 9.95. The summed E-state index contributed by atoms with van der Waals surface area (Å²) in [5.41, 5.74) is 1.89. The van der Waals surface area contributed by atoms with E-state index in [0.717, 1.165) is 13.3 Å². The Morgan fingerprint density at radius 2 is 1.98 bits per heavy atom. The molecule has 0 spiro atoms. The van der Waals surface area contributed by atoms with E-state index in [0.29, 0.717) is 30.2 Å². The van der Waals surface area contributed by atoms with Crippen LogP contribution in [0.15, 0.2) is 36.8 Å². The highest BCUT2D eigenvalue weighted by Crippen LogP contribution is 2.44. The molecule has 4 aromatic rings. The molecule has 5 rings (SSSR count). The maximum absolute atomic E-state index is 16.6. The molecule has 1 aliphatic heterocycles. The fourth-order valence-electron chi connectivity index (χ4n) is 5.39. The van der Waals surface area contributed by atoms with Gasteiger partial charge in [-0.1, -0.05) is 13.0 Å². The number of rotatable bonds is 5. The van der Waals surface area contributed by atoms with Crippen LogP contribution in [0.4, 0.5) is 33.3 Å². The van der Waals surface area contributed by atoms with E-state index in [1.165, 1.54) is 0 Å². The summed E-state index contributed by atoms with van der Waals surface area (Å²) in [5.74, 6) is -3.63. The second-order valence-electron chi connectivity index (χ2n) is 10.7. The number of fused-ring (bicyclic) bond motifs is 2. The number of aromatic nitrogens is 3. The number of hydrogen-bond donors (Lipinski definition) is 4. The zero-order valence-corrected chi connectivity index (χ0v) is 24.3. The molecule has 0 saturated heterocycles. The van der Waals surface area contributed by atoms with E-state index in [1.807, 2.05) is 6.92 Å². The van der Waals surface area contributed by atoms with Crippen molar-refractivity contribution in [3.63, 3.8) is 0 Å². The Hall–Kier alpha value is -4.46. The average molecular weight is 618 g/mol. The topological polar surface area (TPSA) is 119 Å². The zero-order chi connectivity index (χ0) is 31.8. The Kier molecular flexibility index (Phi) is 8.64. The van der Waals surface area contributed by atoms with Gasteiger partial charge in [0.2, 0.25) is 5.88 Å². The van der Waals surface area contributed by atoms with Gasteiger partial charge in [0.05, 0.1) is 23.0 Å². The van der Waals surface area contributed by atoms with Gasteiger partial charge in [-0.3, -0.25) is 4.79 Å². The van der Waals surface area contributed by atoms with E-state index in [1.54, 1.807) is 42.0 Å². The average Bonchev–Trinajstić information content (AvgIpc) is 3.43. The van der Waals surface area contributed by atoms with E-state index in [4.69, 9.17) is 10.5 Å². The van der Waals surface area contributed by atoms with Gasteiger partial charge in [0, 0.05) is 49.8 Å². The van der Waals surface area contributed by atoms with E-state index >= 15 is 4.39 Å². The number of pyridine rings is 2. The van der Waals surface area contributed by atoms with Gasteiger partial charge < -0.3 is 30.8 Å². The highest BCUT2D eigenvalue weighted by Gasteiger charge is 2.40. The first kappa shape index (κ1) is 31.0. The zero-order valence-electron chi connectivity index (χ0n) is 24.3. The number of imidazole rings is 1. The number of alkyl halides is 3. The third-order valence-electron chi connectivity index (χ3n) is 7.58. The molecule has 1 unspecified atom stereocenters. The Morgan fingerprint density at radius 3 is 2.70 bits per heavy atom. The molecule has 0 radical (unpaired) electrons. The summed E-state index contributed by atoms with van der Waals surface area (Å²) in [4.78, 5) is 21.9. The molecule has 5 N–H and O–H groups in total. The molecule has 9 nitrogen and oxygen atoms in total. The number of ether oxygens (including phenoxy) is 1. The van der Waals surface area contributed by atoms with Gasteiger partial charge in [-0.25, -0.2) is 18.7 Å². The normalized spacial score (nSPS) is 17.9. The fourth-order valence-corrected chi connectivity index (χ4v) is 5.39. The van der Waals surface area contributed by atoms with Crippen LogP contribution in [0, 0.1) is 18.6 Å². The number of nitrogens with two attached hydrogens (primary N) is 1. The molecule has 1 aromatic carbocycles. The first-order chi connectivity index (χ1) is 20.9. The highest BCUT2D eigenvalue weighted by atomic mass is 19.4. The number of hydrogen-bond acceptors (Lipinski definition) is 7. The Morgan fingerprint density at radius 1 is 1.20 bits per heavy atom. The fraction of sp³-hybridized carbons (Fsp3) is 0.367. The van der Waals surface area contributed by atoms with Gasteiger partial charge in [0.15, 0.2) is 5.82 Å². The smallest absolute Gasteiger partial charge is 0.417 e. The van der Waals surface area contributed by atoms with Crippen LogP contribution in [0.5, 0.6) is 5.88 Å². The van der Waals surface area contributed by atoms with E-state index in [2.05, 4.69) is 25.9 Å². The van der Waals surface area contributed by atoms with Crippen molar-refractivity contribution in [3.05, 3.63) is 70.7 Å². The van der Waals surface area contributed by atoms with Crippen LogP contribution >= 0.6 is 0 Å². The van der Waals surface area contributed by atoms with Gasteiger partial charge in [-0.05, 0) is 49.9 Å². The lowest BCUT2D eigenvalue weighted by Crippen LogP contribution is -2.37. The van der Waals surface area contributed by atoms with Gasteiger partial charge in [-0.2, -0.15) is 13.2 Å². The number of benzene rings is 1. The summed E-state index contributed by atoms with van der Waals surface area (Å²) in [6.45, 7) is 5.21. The second-order valence-corrected chi connectivity index (χ2v) is 10.7. The monoisotopic (exact) mass is 617 g/mol. The molecule has 1 aliphatic rings. The SMILES string of the molecule is CCC1C[C@H](C)Oc2nc(-c3cc(N)c(F)c(C)c3C(F)(F)F)c(F)c(NCc3ccc4nccn4c3)c2C(=O)NCCN1. The third-order valence-corrected chi connectivity index (χ3v) is 7.58. The summed E-state index contributed by atoms with van der Waals surface area (Å²) in [6, 6.07) is 4.18. The Balaban J connectivity index is 1.72. The molecular formula is C30H32F5N7O2. The van der Waals surface area contributed by atoms with Crippen molar-refractivity contribution in [1.29, 1.82) is 0 Å². The molecule has 0 saturated carbocycles. The van der Waals surface area contributed by atoms with Gasteiger partial charge in [0.25, 0.3) is 5.91 Å². The number of anilines is 2. The van der Waals surface area contributed by atoms with Crippen molar-refractivity contribution >= 4 is 22.9 Å². The van der Waals surface area contributed by atoms with Crippen molar-refractivity contribution < 1.29 is 31.5 Å². The maximum atomic E-state index is 16.6. The molecule has 2 atom stereocenters. The highest BCUT2D eigenvalue weighted by molar-refractivity contribution is 6.03. The number of nitrogens with one attached hydrogen (secondary N) is 3. The van der Waals surface area contributed by atoms with Crippen molar-refractivity contribution in [3.8, 4) is 17.1 Å². The first-order valence-electron chi connectivity index (χ1n) is 14.1. The number of nitrogen functional groups attached to an aromatic ring is 1. The number of nitrogens with zero attached hydrogens (tertiary/aromatic N) is 3. The molecule has 0 bridgehead atoms. The number of carbonyl (C=O) groups excluding carboxylic acids is 1. The molecule has 1 amide bonds. The summed E-state index contributed by atoms with van der Waals surface area (Å²) in [6.07, 6.45) is 0.624. The van der Waals surface area contributed by atoms with Crippen LogP contribution in [0.25, 0.3) is 16.9 Å². The molecule has 14 heteroatoms. The summed E-state index contributed by atoms with van der Waals surface area (Å²) in [5, 5.41) is 8.93. The minimum atomic E-state index is -5.08. The summed E-state index contributed by atoms with van der Waals surface area (Å²) >= 11 is 0. The predicted molar refractivity (Wildman–Crippen MR) is 155 cm³/mol. The second kappa shape index (κ2) is 12.3. The Bertz CT molecular complexity index is 1710. The van der Waals surface area contributed by atoms with Gasteiger partial charge >= 0.3 is 6.18 Å². The lowest BCUT2D eigenvalue weighted by Gasteiger charge is -2.24. The van der Waals surface area contributed by atoms with Crippen molar-refractivity contribution in [2.45, 2.75) is 58.5 Å². The van der Waals surface area contributed by atoms with Crippen LogP contribution in [-0.2, 0) is 12.7 Å². The van der Waals surface area contributed by atoms with Crippen LogP contribution in [0.1, 0.15) is 53.7 Å². The largest absolute Gasteiger partial charge is 0.474 e. The number of halogens is 5. The Labute approximate surface area is 250 Å². The minimum Gasteiger partial charge on any atom is -0.474 e. The van der Waals surface area contributed by atoms with Gasteiger partial charge in [0.1, 0.15) is 22.7 Å². The molecule has 0 aliphatic carbocycles. The van der Waals surface area contributed by atoms with Crippen LogP contribution in [0.3, 0.4) is 0 Å².